The van der Waals surface area contributed by atoms with Gasteiger partial charge in [-0.05, 0) is 23.8 Å². The molecule has 0 saturated carbocycles. The number of carbonyl (C=O) groups is 1. The molecule has 0 N–H and O–H groups in total. The minimum absolute atomic E-state index is 0.0564. The van der Waals surface area contributed by atoms with Gasteiger partial charge in [-0.1, -0.05) is 36.4 Å². The van der Waals surface area contributed by atoms with E-state index in [0.29, 0.717) is 5.71 Å². The Bertz CT molecular complexity index is 833. The van der Waals surface area contributed by atoms with Crippen molar-refractivity contribution in [2.75, 3.05) is 0 Å². The average molecular weight is 326 g/mol. The van der Waals surface area contributed by atoms with Crippen molar-refractivity contribution in [2.45, 2.75) is 18.9 Å². The molecule has 5 heteroatoms. The van der Waals surface area contributed by atoms with Crippen molar-refractivity contribution in [3.8, 4) is 0 Å². The number of nitrogens with zero attached hydrogens (tertiary/aromatic N) is 2. The summed E-state index contributed by atoms with van der Waals surface area (Å²) in [5.41, 5.74) is 0.263. The van der Waals surface area contributed by atoms with Gasteiger partial charge in [-0.25, -0.2) is 13.8 Å². The highest BCUT2D eigenvalue weighted by Gasteiger charge is 2.44. The van der Waals surface area contributed by atoms with Crippen LogP contribution in [0.1, 0.15) is 24.5 Å². The fourth-order valence-corrected chi connectivity index (χ4v) is 3.02. The van der Waals surface area contributed by atoms with Crippen molar-refractivity contribution in [1.82, 2.24) is 5.01 Å². The summed E-state index contributed by atoms with van der Waals surface area (Å²) in [5.74, 6) is -1.43. The number of hydrogen-bond acceptors (Lipinski definition) is 2. The van der Waals surface area contributed by atoms with Crippen molar-refractivity contribution < 1.29 is 13.6 Å². The summed E-state index contributed by atoms with van der Waals surface area (Å²) < 4.78 is 27.7. The first-order chi connectivity index (χ1) is 11.5. The highest BCUT2D eigenvalue weighted by molar-refractivity contribution is 6.04. The third-order valence-corrected chi connectivity index (χ3v) is 4.18. The molecule has 1 unspecified atom stereocenters. The SMILES string of the molecule is C=CC1(c2ccccc2)CC(c2cc(F)ccc2F)=NN1C(C)=O. The molecule has 0 radical (unpaired) electrons. The third-order valence-electron chi connectivity index (χ3n) is 4.18. The molecule has 122 valence electrons. The van der Waals surface area contributed by atoms with E-state index in [1.165, 1.54) is 11.9 Å². The quantitative estimate of drug-likeness (QED) is 0.785. The summed E-state index contributed by atoms with van der Waals surface area (Å²) >= 11 is 0. The molecule has 1 aliphatic rings. The highest BCUT2D eigenvalue weighted by atomic mass is 19.1. The molecule has 1 atom stereocenters. The molecule has 2 aromatic carbocycles. The van der Waals surface area contributed by atoms with Crippen LogP contribution in [0, 0.1) is 11.6 Å². The molecule has 0 bridgehead atoms. The van der Waals surface area contributed by atoms with Crippen LogP contribution >= 0.6 is 0 Å². The van der Waals surface area contributed by atoms with Crippen LogP contribution in [0.5, 0.6) is 0 Å². The van der Waals surface area contributed by atoms with Crippen LogP contribution in [0.25, 0.3) is 0 Å². The standard InChI is InChI=1S/C19H16F2N2O/c1-3-19(14-7-5-4-6-8-14)12-18(22-23(19)13(2)24)16-11-15(20)9-10-17(16)21/h3-11H,1,12H2,2H3. The Balaban J connectivity index is 2.13. The average Bonchev–Trinajstić information content (AvgIpc) is 2.99. The molecule has 1 heterocycles. The molecule has 0 aromatic heterocycles. The van der Waals surface area contributed by atoms with Gasteiger partial charge in [0.05, 0.1) is 5.71 Å². The Morgan fingerprint density at radius 1 is 1.25 bits per heavy atom. The molecule has 0 aliphatic carbocycles. The van der Waals surface area contributed by atoms with Crippen molar-refractivity contribution >= 4 is 11.6 Å². The molecule has 0 spiro atoms. The van der Waals surface area contributed by atoms with Gasteiger partial charge < -0.3 is 0 Å². The highest BCUT2D eigenvalue weighted by Crippen LogP contribution is 2.40. The second-order valence-corrected chi connectivity index (χ2v) is 5.67. The maximum absolute atomic E-state index is 14.1. The zero-order chi connectivity index (χ0) is 17.3. The predicted molar refractivity (Wildman–Crippen MR) is 88.3 cm³/mol. The lowest BCUT2D eigenvalue weighted by atomic mass is 9.84. The molecule has 3 rings (SSSR count). The van der Waals surface area contributed by atoms with E-state index in [1.807, 2.05) is 30.3 Å². The van der Waals surface area contributed by atoms with Gasteiger partial charge in [-0.15, -0.1) is 6.58 Å². The maximum Gasteiger partial charge on any atom is 0.240 e. The van der Waals surface area contributed by atoms with E-state index in [-0.39, 0.29) is 17.9 Å². The van der Waals surface area contributed by atoms with Crippen LogP contribution in [0.15, 0.2) is 66.3 Å². The van der Waals surface area contributed by atoms with Gasteiger partial charge >= 0.3 is 0 Å². The minimum atomic E-state index is -0.915. The molecule has 1 amide bonds. The lowest BCUT2D eigenvalue weighted by Gasteiger charge is -2.33. The van der Waals surface area contributed by atoms with Crippen LogP contribution < -0.4 is 0 Å². The lowest BCUT2D eigenvalue weighted by molar-refractivity contribution is -0.132. The second kappa shape index (κ2) is 6.00. The largest absolute Gasteiger partial charge is 0.273 e. The normalized spacial score (nSPS) is 20.0. The molecule has 24 heavy (non-hydrogen) atoms. The van der Waals surface area contributed by atoms with Crippen LogP contribution in [0.4, 0.5) is 8.78 Å². The first-order valence-corrected chi connectivity index (χ1v) is 7.51. The Kier molecular flexibility index (Phi) is 4.01. The van der Waals surface area contributed by atoms with Crippen LogP contribution in [-0.2, 0) is 10.3 Å². The maximum atomic E-state index is 14.1. The second-order valence-electron chi connectivity index (χ2n) is 5.67. The van der Waals surface area contributed by atoms with Crippen LogP contribution in [-0.4, -0.2) is 16.6 Å². The zero-order valence-electron chi connectivity index (χ0n) is 13.2. The van der Waals surface area contributed by atoms with Gasteiger partial charge in [0.1, 0.15) is 17.2 Å². The van der Waals surface area contributed by atoms with E-state index in [1.54, 1.807) is 6.08 Å². The number of hydrazone groups is 1. The summed E-state index contributed by atoms with van der Waals surface area (Å²) in [6.07, 6.45) is 1.85. The Morgan fingerprint density at radius 3 is 2.58 bits per heavy atom. The van der Waals surface area contributed by atoms with Gasteiger partial charge in [0.25, 0.3) is 0 Å². The number of amides is 1. The number of carbonyl (C=O) groups excluding carboxylic acids is 1. The Labute approximate surface area is 138 Å². The Hall–Kier alpha value is -2.82. The van der Waals surface area contributed by atoms with E-state index in [4.69, 9.17) is 0 Å². The van der Waals surface area contributed by atoms with Gasteiger partial charge in [-0.2, -0.15) is 5.10 Å². The van der Waals surface area contributed by atoms with Crippen molar-refractivity contribution in [3.63, 3.8) is 0 Å². The number of hydrogen-bond donors (Lipinski definition) is 0. The van der Waals surface area contributed by atoms with E-state index >= 15 is 0 Å². The summed E-state index contributed by atoms with van der Waals surface area (Å²) in [6, 6.07) is 12.5. The number of benzene rings is 2. The molecule has 1 aliphatic heterocycles. The van der Waals surface area contributed by atoms with E-state index in [9.17, 15) is 13.6 Å². The molecular formula is C19H16F2N2O. The lowest BCUT2D eigenvalue weighted by Crippen LogP contribution is -2.40. The monoisotopic (exact) mass is 326 g/mol. The van der Waals surface area contributed by atoms with E-state index in [2.05, 4.69) is 11.7 Å². The summed E-state index contributed by atoms with van der Waals surface area (Å²) in [7, 11) is 0. The molecule has 3 nitrogen and oxygen atoms in total. The molecule has 0 fully saturated rings. The van der Waals surface area contributed by atoms with Crippen LogP contribution in [0.3, 0.4) is 0 Å². The predicted octanol–water partition coefficient (Wildman–Crippen LogP) is 4.00. The molecule has 2 aromatic rings. The topological polar surface area (TPSA) is 32.7 Å². The first kappa shape index (κ1) is 16.1. The first-order valence-electron chi connectivity index (χ1n) is 7.51. The van der Waals surface area contributed by atoms with E-state index < -0.39 is 17.2 Å². The van der Waals surface area contributed by atoms with Gasteiger partial charge in [0.2, 0.25) is 5.91 Å². The fourth-order valence-electron chi connectivity index (χ4n) is 3.02. The summed E-state index contributed by atoms with van der Waals surface area (Å²) in [6.45, 7) is 5.24. The number of halogens is 2. The Morgan fingerprint density at radius 2 is 1.96 bits per heavy atom. The number of rotatable bonds is 3. The summed E-state index contributed by atoms with van der Waals surface area (Å²) in [4.78, 5) is 12.1. The van der Waals surface area contributed by atoms with E-state index in [0.717, 1.165) is 23.8 Å². The van der Waals surface area contributed by atoms with Crippen molar-refractivity contribution in [1.29, 1.82) is 0 Å². The third kappa shape index (κ3) is 2.52. The summed E-state index contributed by atoms with van der Waals surface area (Å²) in [5, 5.41) is 5.57. The molecule has 0 saturated heterocycles. The molecular weight excluding hydrogens is 310 g/mol. The van der Waals surface area contributed by atoms with Crippen molar-refractivity contribution in [2.24, 2.45) is 5.10 Å². The van der Waals surface area contributed by atoms with Gasteiger partial charge in [0.15, 0.2) is 0 Å². The van der Waals surface area contributed by atoms with Crippen molar-refractivity contribution in [3.05, 3.63) is 83.9 Å². The van der Waals surface area contributed by atoms with Gasteiger partial charge in [0, 0.05) is 18.9 Å². The fraction of sp³-hybridized carbons (Fsp3) is 0.158. The minimum Gasteiger partial charge on any atom is -0.273 e. The smallest absolute Gasteiger partial charge is 0.240 e. The zero-order valence-corrected chi connectivity index (χ0v) is 13.2. The van der Waals surface area contributed by atoms with Gasteiger partial charge in [-0.3, -0.25) is 4.79 Å². The van der Waals surface area contributed by atoms with Crippen LogP contribution in [0.2, 0.25) is 0 Å².